The molecule has 0 unspecified atom stereocenters. The highest BCUT2D eigenvalue weighted by Gasteiger charge is 2.42. The van der Waals surface area contributed by atoms with Crippen LogP contribution >= 0.6 is 0 Å². The fraction of sp³-hybridized carbons (Fsp3) is 0.933. The van der Waals surface area contributed by atoms with Crippen LogP contribution in [0.5, 0.6) is 0 Å². The lowest BCUT2D eigenvalue weighted by molar-refractivity contribution is -0.136. The van der Waals surface area contributed by atoms with Gasteiger partial charge >= 0.3 is 0 Å². The predicted molar refractivity (Wildman–Crippen MR) is 70.6 cm³/mol. The second kappa shape index (κ2) is 4.62. The molecule has 17 heavy (non-hydrogen) atoms. The number of amides is 1. The highest BCUT2D eigenvalue weighted by Crippen LogP contribution is 2.45. The number of likely N-dealkylation sites (tertiary alicyclic amines) is 1. The Balaban J connectivity index is 1.97. The molecule has 0 bridgehead atoms. The largest absolute Gasteiger partial charge is 0.342 e. The summed E-state index contributed by atoms with van der Waals surface area (Å²) in [5.41, 5.74) is 0.459. The van der Waals surface area contributed by atoms with Crippen molar-refractivity contribution in [3.63, 3.8) is 0 Å². The van der Waals surface area contributed by atoms with Crippen LogP contribution in [0.15, 0.2) is 0 Å². The van der Waals surface area contributed by atoms with Crippen molar-refractivity contribution in [2.24, 2.45) is 23.2 Å². The number of piperidine rings is 1. The van der Waals surface area contributed by atoms with Gasteiger partial charge in [0.25, 0.3) is 0 Å². The van der Waals surface area contributed by atoms with E-state index in [0.29, 0.717) is 17.2 Å². The fourth-order valence-corrected chi connectivity index (χ4v) is 3.55. The van der Waals surface area contributed by atoms with Crippen LogP contribution in [0.4, 0.5) is 0 Å². The zero-order valence-electron chi connectivity index (χ0n) is 11.8. The molecule has 98 valence electrons. The van der Waals surface area contributed by atoms with Gasteiger partial charge in [0, 0.05) is 19.0 Å². The molecule has 0 radical (unpaired) electrons. The fourth-order valence-electron chi connectivity index (χ4n) is 3.55. The zero-order chi connectivity index (χ0) is 12.6. The Hall–Kier alpha value is -0.530. The smallest absolute Gasteiger partial charge is 0.225 e. The Morgan fingerprint density at radius 2 is 1.53 bits per heavy atom. The average Bonchev–Trinajstić information content (AvgIpc) is 3.11. The van der Waals surface area contributed by atoms with Crippen LogP contribution in [0.2, 0.25) is 0 Å². The molecule has 1 aliphatic heterocycles. The number of hydrogen-bond donors (Lipinski definition) is 0. The Kier molecular flexibility index (Phi) is 3.51. The van der Waals surface area contributed by atoms with E-state index in [1.807, 2.05) is 0 Å². The highest BCUT2D eigenvalue weighted by molar-refractivity contribution is 5.81. The van der Waals surface area contributed by atoms with Gasteiger partial charge in [0.05, 0.1) is 0 Å². The number of nitrogens with zero attached hydrogens (tertiary/aromatic N) is 1. The molecule has 0 aromatic rings. The second-order valence-corrected chi connectivity index (χ2v) is 6.64. The van der Waals surface area contributed by atoms with E-state index in [1.165, 1.54) is 12.8 Å². The van der Waals surface area contributed by atoms with Gasteiger partial charge in [-0.25, -0.2) is 0 Å². The van der Waals surface area contributed by atoms with Crippen molar-refractivity contribution in [1.82, 2.24) is 4.90 Å². The number of carbonyl (C=O) groups is 1. The van der Waals surface area contributed by atoms with Crippen LogP contribution in [0.25, 0.3) is 0 Å². The van der Waals surface area contributed by atoms with Crippen LogP contribution < -0.4 is 0 Å². The van der Waals surface area contributed by atoms with Crippen LogP contribution in [-0.2, 0) is 4.79 Å². The van der Waals surface area contributed by atoms with E-state index >= 15 is 0 Å². The Labute approximate surface area is 106 Å². The molecule has 0 aromatic carbocycles. The second-order valence-electron chi connectivity index (χ2n) is 6.64. The molecule has 0 spiro atoms. The molecule has 2 fully saturated rings. The summed E-state index contributed by atoms with van der Waals surface area (Å²) in [5.74, 6) is 2.27. The van der Waals surface area contributed by atoms with E-state index in [9.17, 15) is 4.79 Å². The van der Waals surface area contributed by atoms with Crippen molar-refractivity contribution in [1.29, 1.82) is 0 Å². The van der Waals surface area contributed by atoms with Gasteiger partial charge in [-0.15, -0.1) is 0 Å². The van der Waals surface area contributed by atoms with Gasteiger partial charge in [0.1, 0.15) is 0 Å². The maximum atomic E-state index is 12.0. The van der Waals surface area contributed by atoms with Gasteiger partial charge in [-0.2, -0.15) is 0 Å². The summed E-state index contributed by atoms with van der Waals surface area (Å²) in [6.07, 6.45) is 4.66. The van der Waals surface area contributed by atoms with Crippen molar-refractivity contribution in [3.8, 4) is 0 Å². The van der Waals surface area contributed by atoms with Crippen molar-refractivity contribution < 1.29 is 4.79 Å². The summed E-state index contributed by atoms with van der Waals surface area (Å²) in [5, 5.41) is 0. The van der Waals surface area contributed by atoms with E-state index in [-0.39, 0.29) is 0 Å². The van der Waals surface area contributed by atoms with Crippen LogP contribution in [0.1, 0.15) is 53.4 Å². The molecule has 1 saturated heterocycles. The molecule has 2 heteroatoms. The van der Waals surface area contributed by atoms with E-state index < -0.39 is 0 Å². The minimum atomic E-state index is 0.389. The maximum absolute atomic E-state index is 12.0. The Morgan fingerprint density at radius 3 is 1.88 bits per heavy atom. The molecule has 0 N–H and O–H groups in total. The molecule has 1 heterocycles. The summed E-state index contributed by atoms with van der Waals surface area (Å²) in [7, 11) is 0. The third-order valence-corrected chi connectivity index (χ3v) is 5.23. The number of rotatable bonds is 3. The summed E-state index contributed by atoms with van der Waals surface area (Å²) in [6.45, 7) is 11.4. The lowest BCUT2D eigenvalue weighted by atomic mass is 9.63. The zero-order valence-corrected chi connectivity index (χ0v) is 11.8. The normalized spacial score (nSPS) is 24.5. The quantitative estimate of drug-likeness (QED) is 0.737. The van der Waals surface area contributed by atoms with E-state index in [4.69, 9.17) is 0 Å². The monoisotopic (exact) mass is 237 g/mol. The van der Waals surface area contributed by atoms with Crippen LogP contribution in [0.3, 0.4) is 0 Å². The summed E-state index contributed by atoms with van der Waals surface area (Å²) in [4.78, 5) is 14.2. The van der Waals surface area contributed by atoms with Gasteiger partial charge < -0.3 is 4.90 Å². The minimum Gasteiger partial charge on any atom is -0.342 e. The third-order valence-electron chi connectivity index (χ3n) is 5.23. The summed E-state index contributed by atoms with van der Waals surface area (Å²) in [6, 6.07) is 0. The third kappa shape index (κ3) is 2.36. The molecule has 2 nitrogen and oxygen atoms in total. The first-order valence-electron chi connectivity index (χ1n) is 7.26. The first kappa shape index (κ1) is 12.9. The summed E-state index contributed by atoms with van der Waals surface area (Å²) >= 11 is 0. The van der Waals surface area contributed by atoms with Crippen LogP contribution in [0, 0.1) is 23.2 Å². The molecule has 0 aromatic heterocycles. The number of hydrogen-bond acceptors (Lipinski definition) is 1. The van der Waals surface area contributed by atoms with Crippen molar-refractivity contribution in [2.75, 3.05) is 13.1 Å². The molecule has 1 amide bonds. The van der Waals surface area contributed by atoms with Crippen molar-refractivity contribution >= 4 is 5.91 Å². The number of carbonyl (C=O) groups excluding carboxylic acids is 1. The van der Waals surface area contributed by atoms with Crippen molar-refractivity contribution in [3.05, 3.63) is 0 Å². The summed E-state index contributed by atoms with van der Waals surface area (Å²) < 4.78 is 0. The maximum Gasteiger partial charge on any atom is 0.225 e. The highest BCUT2D eigenvalue weighted by atomic mass is 16.2. The average molecular weight is 237 g/mol. The van der Waals surface area contributed by atoms with Gasteiger partial charge in [0.2, 0.25) is 5.91 Å². The van der Waals surface area contributed by atoms with E-state index in [1.54, 1.807) is 0 Å². The molecule has 0 atom stereocenters. The minimum absolute atomic E-state index is 0.389. The lowest BCUT2D eigenvalue weighted by Gasteiger charge is -2.47. The lowest BCUT2D eigenvalue weighted by Crippen LogP contribution is -2.47. The van der Waals surface area contributed by atoms with Gasteiger partial charge in [-0.1, -0.05) is 27.7 Å². The first-order valence-corrected chi connectivity index (χ1v) is 7.26. The molecule has 1 aliphatic carbocycles. The van der Waals surface area contributed by atoms with E-state index in [0.717, 1.165) is 37.8 Å². The van der Waals surface area contributed by atoms with Gasteiger partial charge in [-0.3, -0.25) is 4.79 Å². The molecular weight excluding hydrogens is 210 g/mol. The standard InChI is InChI=1S/C15H27NO/c1-11(2)15(12(3)4)7-9-16(10-8-15)14(17)13-5-6-13/h11-13H,5-10H2,1-4H3. The predicted octanol–water partition coefficient (Wildman–Crippen LogP) is 3.32. The van der Waals surface area contributed by atoms with Gasteiger partial charge in [0.15, 0.2) is 0 Å². The first-order chi connectivity index (χ1) is 7.97. The van der Waals surface area contributed by atoms with E-state index in [2.05, 4.69) is 32.6 Å². The van der Waals surface area contributed by atoms with Crippen LogP contribution in [-0.4, -0.2) is 23.9 Å². The molecule has 2 aliphatic rings. The van der Waals surface area contributed by atoms with Crippen molar-refractivity contribution in [2.45, 2.75) is 53.4 Å². The Morgan fingerprint density at radius 1 is 1.06 bits per heavy atom. The van der Waals surface area contributed by atoms with Gasteiger partial charge in [-0.05, 0) is 42.9 Å². The SMILES string of the molecule is CC(C)C1(C(C)C)CCN(C(=O)C2CC2)CC1. The molecule has 1 saturated carbocycles. The topological polar surface area (TPSA) is 20.3 Å². The molecular formula is C15H27NO. The molecule has 2 rings (SSSR count). The Bertz CT molecular complexity index is 273.